The normalized spacial score (nSPS) is 22.5. The molecule has 0 saturated carbocycles. The Hall–Kier alpha value is -1.98. The first-order valence-electron chi connectivity index (χ1n) is 6.96. The maximum absolute atomic E-state index is 12.3. The molecule has 0 aliphatic carbocycles. The molecule has 1 N–H and O–H groups in total. The predicted octanol–water partition coefficient (Wildman–Crippen LogP) is 1.48. The molecule has 0 spiro atoms. The third-order valence-corrected chi connectivity index (χ3v) is 3.14. The van der Waals surface area contributed by atoms with Gasteiger partial charge >= 0.3 is 0 Å². The second-order valence-electron chi connectivity index (χ2n) is 4.71. The first-order valence-corrected chi connectivity index (χ1v) is 6.96. The van der Waals surface area contributed by atoms with Gasteiger partial charge in [0.25, 0.3) is 5.91 Å². The molecule has 112 valence electrons. The summed E-state index contributed by atoms with van der Waals surface area (Å²) in [5.74, 6) is -0.256. The van der Waals surface area contributed by atoms with Gasteiger partial charge in [-0.1, -0.05) is 30.4 Å². The Morgan fingerprint density at radius 2 is 1.95 bits per heavy atom. The lowest BCUT2D eigenvalue weighted by atomic mass is 10.1. The third-order valence-electron chi connectivity index (χ3n) is 3.14. The van der Waals surface area contributed by atoms with Crippen molar-refractivity contribution in [1.82, 2.24) is 5.32 Å². The molecule has 0 saturated heterocycles. The minimum atomic E-state index is -0.536. The average Bonchev–Trinajstić information content (AvgIpc) is 2.51. The van der Waals surface area contributed by atoms with E-state index in [1.807, 2.05) is 24.3 Å². The molecule has 0 bridgehead atoms. The van der Waals surface area contributed by atoms with Gasteiger partial charge in [0.15, 0.2) is 0 Å². The predicted molar refractivity (Wildman–Crippen MR) is 78.0 cm³/mol. The fourth-order valence-electron chi connectivity index (χ4n) is 2.02. The van der Waals surface area contributed by atoms with Crippen LogP contribution in [0.4, 0.5) is 0 Å². The van der Waals surface area contributed by atoms with Crippen LogP contribution in [0.3, 0.4) is 0 Å². The van der Waals surface area contributed by atoms with Crippen LogP contribution in [-0.4, -0.2) is 38.1 Å². The van der Waals surface area contributed by atoms with Crippen LogP contribution < -0.4 is 5.32 Å². The monoisotopic (exact) mass is 289 g/mol. The fourth-order valence-corrected chi connectivity index (χ4v) is 2.02. The summed E-state index contributed by atoms with van der Waals surface area (Å²) < 4.78 is 10.9. The fraction of sp³-hybridized carbons (Fsp3) is 0.375. The Kier molecular flexibility index (Phi) is 6.12. The van der Waals surface area contributed by atoms with Gasteiger partial charge in [-0.15, -0.1) is 0 Å². The van der Waals surface area contributed by atoms with Crippen molar-refractivity contribution < 1.29 is 19.1 Å². The molecule has 0 radical (unpaired) electrons. The number of ether oxygens (including phenoxy) is 2. The molecule has 0 fully saturated rings. The van der Waals surface area contributed by atoms with Gasteiger partial charge in [0.1, 0.15) is 6.29 Å². The minimum Gasteiger partial charge on any atom is -0.375 e. The highest BCUT2D eigenvalue weighted by molar-refractivity contribution is 5.97. The quantitative estimate of drug-likeness (QED) is 0.628. The van der Waals surface area contributed by atoms with Gasteiger partial charge in [-0.05, 0) is 18.1 Å². The van der Waals surface area contributed by atoms with Crippen LogP contribution in [0.25, 0.3) is 0 Å². The van der Waals surface area contributed by atoms with E-state index in [2.05, 4.69) is 5.32 Å². The van der Waals surface area contributed by atoms with E-state index >= 15 is 0 Å². The van der Waals surface area contributed by atoms with E-state index in [0.29, 0.717) is 38.4 Å². The number of benzene rings is 1. The number of carbonyl (C=O) groups excluding carboxylic acids is 2. The number of nitrogens with one attached hydrogen (secondary N) is 1. The SMILES string of the molecule is O=CC1C/C=C\COCCOCc2ccccc2C(=O)N1. The molecule has 1 unspecified atom stereocenters. The number of hydrogen-bond donors (Lipinski definition) is 1. The van der Waals surface area contributed by atoms with E-state index < -0.39 is 6.04 Å². The van der Waals surface area contributed by atoms with E-state index in [-0.39, 0.29) is 5.91 Å². The standard InChI is InChI=1S/C16H19NO4/c18-11-14-6-3-4-8-20-9-10-21-12-13-5-1-2-7-15(13)16(19)17-14/h1-5,7,11,14H,6,8-10,12H2,(H,17,19)/b4-3-. The molecular weight excluding hydrogens is 270 g/mol. The molecule has 1 aliphatic rings. The van der Waals surface area contributed by atoms with E-state index in [4.69, 9.17) is 9.47 Å². The van der Waals surface area contributed by atoms with E-state index in [1.54, 1.807) is 12.1 Å². The van der Waals surface area contributed by atoms with Gasteiger partial charge in [-0.3, -0.25) is 4.79 Å². The first-order chi connectivity index (χ1) is 10.3. The summed E-state index contributed by atoms with van der Waals surface area (Å²) in [6.45, 7) is 1.78. The van der Waals surface area contributed by atoms with Crippen LogP contribution in [0, 0.1) is 0 Å². The number of fused-ring (bicyclic) bond motifs is 1. The molecule has 5 heteroatoms. The largest absolute Gasteiger partial charge is 0.375 e. The topological polar surface area (TPSA) is 64.6 Å². The molecule has 0 aromatic heterocycles. The van der Waals surface area contributed by atoms with Crippen molar-refractivity contribution in [3.63, 3.8) is 0 Å². The van der Waals surface area contributed by atoms with E-state index in [0.717, 1.165) is 11.8 Å². The summed E-state index contributed by atoms with van der Waals surface area (Å²) >= 11 is 0. The number of carbonyl (C=O) groups is 2. The van der Waals surface area contributed by atoms with Crippen LogP contribution in [-0.2, 0) is 20.9 Å². The van der Waals surface area contributed by atoms with E-state index in [9.17, 15) is 9.59 Å². The number of hydrogen-bond acceptors (Lipinski definition) is 4. The Bertz CT molecular complexity index is 513. The zero-order valence-electron chi connectivity index (χ0n) is 11.8. The van der Waals surface area contributed by atoms with Gasteiger partial charge in [0.2, 0.25) is 0 Å². The van der Waals surface area contributed by atoms with Gasteiger partial charge in [-0.25, -0.2) is 0 Å². The first kappa shape index (κ1) is 15.4. The van der Waals surface area contributed by atoms with Crippen LogP contribution >= 0.6 is 0 Å². The third kappa shape index (κ3) is 4.81. The van der Waals surface area contributed by atoms with Gasteiger partial charge < -0.3 is 19.6 Å². The molecule has 1 heterocycles. The van der Waals surface area contributed by atoms with Crippen molar-refractivity contribution in [1.29, 1.82) is 0 Å². The lowest BCUT2D eigenvalue weighted by Crippen LogP contribution is -2.36. The summed E-state index contributed by atoms with van der Waals surface area (Å²) in [4.78, 5) is 23.3. The van der Waals surface area contributed by atoms with Crippen molar-refractivity contribution in [2.75, 3.05) is 19.8 Å². The number of amides is 1. The highest BCUT2D eigenvalue weighted by atomic mass is 16.5. The summed E-state index contributed by atoms with van der Waals surface area (Å²) in [7, 11) is 0. The highest BCUT2D eigenvalue weighted by Gasteiger charge is 2.15. The average molecular weight is 289 g/mol. The molecule has 5 nitrogen and oxygen atoms in total. The zero-order chi connectivity index (χ0) is 14.9. The van der Waals surface area contributed by atoms with Crippen LogP contribution in [0.15, 0.2) is 36.4 Å². The van der Waals surface area contributed by atoms with Crippen molar-refractivity contribution in [2.45, 2.75) is 19.1 Å². The maximum atomic E-state index is 12.3. The summed E-state index contributed by atoms with van der Waals surface area (Å²) in [5, 5.41) is 2.72. The molecule has 1 atom stereocenters. The Balaban J connectivity index is 2.16. The summed E-state index contributed by atoms with van der Waals surface area (Å²) in [6.07, 6.45) is 4.87. The van der Waals surface area contributed by atoms with Crippen LogP contribution in [0.1, 0.15) is 22.3 Å². The Morgan fingerprint density at radius 3 is 2.81 bits per heavy atom. The highest BCUT2D eigenvalue weighted by Crippen LogP contribution is 2.11. The molecule has 1 aliphatic heterocycles. The van der Waals surface area contributed by atoms with Crippen LogP contribution in [0.5, 0.6) is 0 Å². The Morgan fingerprint density at radius 1 is 1.14 bits per heavy atom. The minimum absolute atomic E-state index is 0.256. The Labute approximate surface area is 123 Å². The second kappa shape index (κ2) is 8.34. The van der Waals surface area contributed by atoms with Gasteiger partial charge in [0.05, 0.1) is 32.5 Å². The number of aldehydes is 1. The van der Waals surface area contributed by atoms with Crippen molar-refractivity contribution in [3.05, 3.63) is 47.5 Å². The van der Waals surface area contributed by atoms with E-state index in [1.165, 1.54) is 0 Å². The van der Waals surface area contributed by atoms with Crippen LogP contribution in [0.2, 0.25) is 0 Å². The molecule has 1 aromatic rings. The second-order valence-corrected chi connectivity index (χ2v) is 4.71. The molecular formula is C16H19NO4. The molecule has 21 heavy (non-hydrogen) atoms. The molecule has 1 amide bonds. The number of rotatable bonds is 1. The molecule has 1 aromatic carbocycles. The lowest BCUT2D eigenvalue weighted by molar-refractivity contribution is -0.109. The van der Waals surface area contributed by atoms with Crippen molar-refractivity contribution in [3.8, 4) is 0 Å². The van der Waals surface area contributed by atoms with Gasteiger partial charge in [0, 0.05) is 5.56 Å². The zero-order valence-corrected chi connectivity index (χ0v) is 11.8. The lowest BCUT2D eigenvalue weighted by Gasteiger charge is -2.14. The smallest absolute Gasteiger partial charge is 0.252 e. The van der Waals surface area contributed by atoms with Crippen molar-refractivity contribution >= 4 is 12.2 Å². The molecule has 2 rings (SSSR count). The van der Waals surface area contributed by atoms with Gasteiger partial charge in [-0.2, -0.15) is 0 Å². The summed E-state index contributed by atoms with van der Waals surface area (Å²) in [6, 6.07) is 6.69. The van der Waals surface area contributed by atoms with Crippen molar-refractivity contribution in [2.24, 2.45) is 0 Å². The summed E-state index contributed by atoms with van der Waals surface area (Å²) in [5.41, 5.74) is 1.33. The maximum Gasteiger partial charge on any atom is 0.252 e.